The van der Waals surface area contributed by atoms with Gasteiger partial charge in [-0.25, -0.2) is 0 Å². The summed E-state index contributed by atoms with van der Waals surface area (Å²) < 4.78 is 0. The minimum atomic E-state index is -0.350. The number of nitrogens with zero attached hydrogens (tertiary/aromatic N) is 2. The Morgan fingerprint density at radius 2 is 1.90 bits per heavy atom. The van der Waals surface area contributed by atoms with E-state index in [9.17, 15) is 9.90 Å². The topological polar surface area (TPSA) is 65.5 Å². The lowest BCUT2D eigenvalue weighted by atomic mass is 9.93. The average molecular weight is 293 g/mol. The van der Waals surface area contributed by atoms with Crippen molar-refractivity contribution in [1.29, 1.82) is 0 Å². The van der Waals surface area contributed by atoms with Crippen molar-refractivity contribution in [2.45, 2.75) is 46.1 Å². The third-order valence-electron chi connectivity index (χ3n) is 4.10. The van der Waals surface area contributed by atoms with E-state index in [1.165, 1.54) is 0 Å². The average Bonchev–Trinajstić information content (AvgIpc) is 2.54. The summed E-state index contributed by atoms with van der Waals surface area (Å²) in [6.45, 7) is 9.37. The second kappa shape index (κ2) is 7.98. The van der Waals surface area contributed by atoms with Crippen molar-refractivity contribution in [3.8, 4) is 0 Å². The van der Waals surface area contributed by atoms with Crippen molar-refractivity contribution in [3.63, 3.8) is 0 Å². The molecule has 1 aromatic heterocycles. The summed E-state index contributed by atoms with van der Waals surface area (Å²) in [5.41, 5.74) is 0.901. The minimum Gasteiger partial charge on any atom is -0.394 e. The van der Waals surface area contributed by atoms with Crippen LogP contribution in [-0.2, 0) is 0 Å². The number of amides is 1. The number of carbonyl (C=O) groups excluding carboxylic acids is 1. The van der Waals surface area contributed by atoms with Crippen LogP contribution in [0.3, 0.4) is 0 Å². The molecule has 0 fully saturated rings. The van der Waals surface area contributed by atoms with E-state index in [1.54, 1.807) is 17.2 Å². The van der Waals surface area contributed by atoms with Gasteiger partial charge in [0, 0.05) is 25.0 Å². The number of carbonyl (C=O) groups is 1. The number of aliphatic hydroxyl groups excluding tert-OH is 1. The van der Waals surface area contributed by atoms with Gasteiger partial charge in [0.25, 0.3) is 5.91 Å². The fourth-order valence-corrected chi connectivity index (χ4v) is 2.29. The standard InChI is InChI=1S/C16H27N3O2/c1-5-16(6-2,12-20)18-13-9-10-17-14(11-13)15(21)19(7-3)8-4/h9-11,20H,5-8,12H2,1-4H3,(H,17,18). The van der Waals surface area contributed by atoms with E-state index in [-0.39, 0.29) is 18.1 Å². The maximum Gasteiger partial charge on any atom is 0.272 e. The molecule has 0 atom stereocenters. The maximum absolute atomic E-state index is 12.3. The summed E-state index contributed by atoms with van der Waals surface area (Å²) in [4.78, 5) is 18.2. The van der Waals surface area contributed by atoms with E-state index in [1.807, 2.05) is 33.8 Å². The predicted molar refractivity (Wildman–Crippen MR) is 85.5 cm³/mol. The van der Waals surface area contributed by atoms with Gasteiger partial charge in [-0.05, 0) is 38.8 Å². The molecule has 0 saturated heterocycles. The van der Waals surface area contributed by atoms with Gasteiger partial charge < -0.3 is 15.3 Å². The Labute approximate surface area is 127 Å². The van der Waals surface area contributed by atoms with Crippen LogP contribution in [0, 0.1) is 0 Å². The van der Waals surface area contributed by atoms with Gasteiger partial charge in [-0.3, -0.25) is 9.78 Å². The number of aromatic nitrogens is 1. The van der Waals surface area contributed by atoms with E-state index in [2.05, 4.69) is 10.3 Å². The lowest BCUT2D eigenvalue weighted by Crippen LogP contribution is -2.41. The van der Waals surface area contributed by atoms with Crippen molar-refractivity contribution in [1.82, 2.24) is 9.88 Å². The Hall–Kier alpha value is -1.62. The molecule has 118 valence electrons. The molecule has 1 aromatic rings. The monoisotopic (exact) mass is 293 g/mol. The van der Waals surface area contributed by atoms with Crippen molar-refractivity contribution < 1.29 is 9.90 Å². The van der Waals surface area contributed by atoms with E-state index in [0.29, 0.717) is 18.8 Å². The largest absolute Gasteiger partial charge is 0.394 e. The van der Waals surface area contributed by atoms with Gasteiger partial charge in [-0.15, -0.1) is 0 Å². The molecule has 1 heterocycles. The Balaban J connectivity index is 2.98. The second-order valence-corrected chi connectivity index (χ2v) is 5.18. The van der Waals surface area contributed by atoms with E-state index in [4.69, 9.17) is 0 Å². The molecular weight excluding hydrogens is 266 g/mol. The molecule has 0 aromatic carbocycles. The van der Waals surface area contributed by atoms with Crippen molar-refractivity contribution in [3.05, 3.63) is 24.0 Å². The molecule has 2 N–H and O–H groups in total. The van der Waals surface area contributed by atoms with Gasteiger partial charge in [0.05, 0.1) is 12.1 Å². The van der Waals surface area contributed by atoms with Gasteiger partial charge >= 0.3 is 0 Å². The normalized spacial score (nSPS) is 11.3. The molecule has 0 saturated carbocycles. The molecule has 0 unspecified atom stereocenters. The molecule has 1 amide bonds. The summed E-state index contributed by atoms with van der Waals surface area (Å²) in [6.07, 6.45) is 3.25. The third kappa shape index (κ3) is 4.17. The zero-order chi connectivity index (χ0) is 15.9. The predicted octanol–water partition coefficient (Wildman–Crippen LogP) is 2.53. The van der Waals surface area contributed by atoms with E-state index in [0.717, 1.165) is 18.5 Å². The molecule has 0 aliphatic heterocycles. The smallest absolute Gasteiger partial charge is 0.272 e. The highest BCUT2D eigenvalue weighted by Crippen LogP contribution is 2.22. The number of hydrogen-bond acceptors (Lipinski definition) is 4. The number of pyridine rings is 1. The Morgan fingerprint density at radius 3 is 2.38 bits per heavy atom. The maximum atomic E-state index is 12.3. The van der Waals surface area contributed by atoms with E-state index < -0.39 is 0 Å². The third-order valence-corrected chi connectivity index (χ3v) is 4.10. The first-order chi connectivity index (χ1) is 10.1. The lowest BCUT2D eigenvalue weighted by Gasteiger charge is -2.32. The summed E-state index contributed by atoms with van der Waals surface area (Å²) in [5, 5.41) is 13.0. The Morgan fingerprint density at radius 1 is 1.29 bits per heavy atom. The number of hydrogen-bond donors (Lipinski definition) is 2. The Kier molecular flexibility index (Phi) is 6.62. The highest BCUT2D eigenvalue weighted by Gasteiger charge is 2.25. The summed E-state index contributed by atoms with van der Waals surface area (Å²) in [7, 11) is 0. The molecule has 0 bridgehead atoms. The zero-order valence-corrected chi connectivity index (χ0v) is 13.5. The van der Waals surface area contributed by atoms with Crippen LogP contribution in [0.5, 0.6) is 0 Å². The highest BCUT2D eigenvalue weighted by molar-refractivity contribution is 5.93. The van der Waals surface area contributed by atoms with Gasteiger partial charge in [0.2, 0.25) is 0 Å². The van der Waals surface area contributed by atoms with Gasteiger partial charge in [-0.2, -0.15) is 0 Å². The molecular formula is C16H27N3O2. The molecule has 1 rings (SSSR count). The molecule has 5 heteroatoms. The highest BCUT2D eigenvalue weighted by atomic mass is 16.3. The van der Waals surface area contributed by atoms with Crippen LogP contribution in [0.15, 0.2) is 18.3 Å². The lowest BCUT2D eigenvalue weighted by molar-refractivity contribution is 0.0767. The van der Waals surface area contributed by atoms with Crippen LogP contribution < -0.4 is 5.32 Å². The number of aliphatic hydroxyl groups is 1. The van der Waals surface area contributed by atoms with Gasteiger partial charge in [-0.1, -0.05) is 13.8 Å². The van der Waals surface area contributed by atoms with Crippen molar-refractivity contribution in [2.24, 2.45) is 0 Å². The van der Waals surface area contributed by atoms with Gasteiger partial charge in [0.1, 0.15) is 5.69 Å². The SMILES string of the molecule is CCN(CC)C(=O)c1cc(NC(CC)(CC)CO)ccn1. The minimum absolute atomic E-state index is 0.0572. The van der Waals surface area contributed by atoms with Crippen LogP contribution >= 0.6 is 0 Å². The van der Waals surface area contributed by atoms with Crippen LogP contribution in [0.2, 0.25) is 0 Å². The van der Waals surface area contributed by atoms with Crippen LogP contribution in [-0.4, -0.2) is 46.1 Å². The van der Waals surface area contributed by atoms with Crippen LogP contribution in [0.25, 0.3) is 0 Å². The Bertz CT molecular complexity index is 446. The van der Waals surface area contributed by atoms with Crippen molar-refractivity contribution >= 4 is 11.6 Å². The molecule has 0 aliphatic carbocycles. The number of rotatable bonds is 8. The number of anilines is 1. The second-order valence-electron chi connectivity index (χ2n) is 5.18. The first kappa shape index (κ1) is 17.4. The fraction of sp³-hybridized carbons (Fsp3) is 0.625. The molecule has 0 radical (unpaired) electrons. The molecule has 5 nitrogen and oxygen atoms in total. The van der Waals surface area contributed by atoms with Gasteiger partial charge in [0.15, 0.2) is 0 Å². The fourth-order valence-electron chi connectivity index (χ4n) is 2.29. The first-order valence-electron chi connectivity index (χ1n) is 7.70. The quantitative estimate of drug-likeness (QED) is 0.773. The van der Waals surface area contributed by atoms with Crippen molar-refractivity contribution in [2.75, 3.05) is 25.0 Å². The van der Waals surface area contributed by atoms with Crippen LogP contribution in [0.1, 0.15) is 51.0 Å². The summed E-state index contributed by atoms with van der Waals surface area (Å²) in [5.74, 6) is -0.0637. The first-order valence-corrected chi connectivity index (χ1v) is 7.70. The van der Waals surface area contributed by atoms with E-state index >= 15 is 0 Å². The summed E-state index contributed by atoms with van der Waals surface area (Å²) >= 11 is 0. The number of nitrogens with one attached hydrogen (secondary N) is 1. The molecule has 0 aliphatic rings. The molecule has 0 spiro atoms. The molecule has 21 heavy (non-hydrogen) atoms. The summed E-state index contributed by atoms with van der Waals surface area (Å²) in [6, 6.07) is 3.59. The van der Waals surface area contributed by atoms with Crippen LogP contribution in [0.4, 0.5) is 5.69 Å². The zero-order valence-electron chi connectivity index (χ0n) is 13.5.